The van der Waals surface area contributed by atoms with Gasteiger partial charge in [0.2, 0.25) is 0 Å². The number of aliphatic hydroxyl groups excluding tert-OH is 1. The van der Waals surface area contributed by atoms with Crippen LogP contribution in [0.2, 0.25) is 0 Å². The molecule has 0 spiro atoms. The van der Waals surface area contributed by atoms with Gasteiger partial charge in [-0.05, 0) is 30.5 Å². The lowest BCUT2D eigenvalue weighted by Crippen LogP contribution is -2.12. The molecule has 1 aromatic carbocycles. The number of rotatable bonds is 2. The van der Waals surface area contributed by atoms with Crippen LogP contribution in [0.1, 0.15) is 24.0 Å². The third-order valence-electron chi connectivity index (χ3n) is 2.98. The van der Waals surface area contributed by atoms with Crippen LogP contribution in [0.5, 0.6) is 0 Å². The van der Waals surface area contributed by atoms with E-state index in [-0.39, 0.29) is 12.0 Å². The number of benzene rings is 1. The molecule has 1 aliphatic carbocycles. The summed E-state index contributed by atoms with van der Waals surface area (Å²) >= 11 is 0. The summed E-state index contributed by atoms with van der Waals surface area (Å²) in [5, 5.41) is 9.12. The molecule has 1 N–H and O–H groups in total. The Morgan fingerprint density at radius 2 is 1.67 bits per heavy atom. The van der Waals surface area contributed by atoms with E-state index in [0.717, 1.165) is 30.5 Å². The molecule has 4 heteroatoms. The van der Waals surface area contributed by atoms with Crippen LogP contribution in [0.3, 0.4) is 0 Å². The summed E-state index contributed by atoms with van der Waals surface area (Å²) in [5.41, 5.74) is -0.0950. The van der Waals surface area contributed by atoms with Gasteiger partial charge in [0.25, 0.3) is 0 Å². The van der Waals surface area contributed by atoms with E-state index in [9.17, 15) is 13.2 Å². The SMILES string of the molecule is OCC1(c2ccc(C(F)(F)F)cc2)CC1. The molecule has 0 aliphatic heterocycles. The van der Waals surface area contributed by atoms with Gasteiger partial charge in [-0.2, -0.15) is 13.2 Å². The van der Waals surface area contributed by atoms with Gasteiger partial charge < -0.3 is 5.11 Å². The molecular formula is C11H11F3O. The number of alkyl halides is 3. The van der Waals surface area contributed by atoms with E-state index in [2.05, 4.69) is 0 Å². The van der Waals surface area contributed by atoms with Crippen LogP contribution in [0, 0.1) is 0 Å². The van der Waals surface area contributed by atoms with Crippen LogP contribution in [-0.2, 0) is 11.6 Å². The highest BCUT2D eigenvalue weighted by Gasteiger charge is 2.43. The van der Waals surface area contributed by atoms with Gasteiger partial charge in [-0.1, -0.05) is 12.1 Å². The van der Waals surface area contributed by atoms with E-state index in [1.54, 1.807) is 0 Å². The minimum absolute atomic E-state index is 0.0123. The Morgan fingerprint density at radius 3 is 2.00 bits per heavy atom. The van der Waals surface area contributed by atoms with Gasteiger partial charge in [0.05, 0.1) is 12.2 Å². The summed E-state index contributed by atoms with van der Waals surface area (Å²) < 4.78 is 36.8. The zero-order valence-corrected chi connectivity index (χ0v) is 8.01. The molecule has 1 saturated carbocycles. The van der Waals surface area contributed by atoms with E-state index in [4.69, 9.17) is 5.11 Å². The van der Waals surface area contributed by atoms with Crippen LogP contribution in [0.25, 0.3) is 0 Å². The van der Waals surface area contributed by atoms with Crippen molar-refractivity contribution >= 4 is 0 Å². The molecule has 82 valence electrons. The lowest BCUT2D eigenvalue weighted by atomic mass is 9.96. The fraction of sp³-hybridized carbons (Fsp3) is 0.455. The number of halogens is 3. The van der Waals surface area contributed by atoms with Crippen molar-refractivity contribution in [1.29, 1.82) is 0 Å². The molecule has 1 aliphatic rings. The molecule has 0 saturated heterocycles. The van der Waals surface area contributed by atoms with Crippen molar-refractivity contribution in [1.82, 2.24) is 0 Å². The predicted octanol–water partition coefficient (Wildman–Crippen LogP) is 2.73. The molecule has 0 unspecified atom stereocenters. The summed E-state index contributed by atoms with van der Waals surface area (Å²) in [6, 6.07) is 5.08. The van der Waals surface area contributed by atoms with Crippen LogP contribution in [0.15, 0.2) is 24.3 Å². The van der Waals surface area contributed by atoms with Crippen molar-refractivity contribution < 1.29 is 18.3 Å². The molecule has 0 atom stereocenters. The van der Waals surface area contributed by atoms with Gasteiger partial charge in [0.1, 0.15) is 0 Å². The number of aliphatic hydroxyl groups is 1. The van der Waals surface area contributed by atoms with Crippen molar-refractivity contribution in [2.45, 2.75) is 24.4 Å². The maximum atomic E-state index is 12.3. The van der Waals surface area contributed by atoms with Crippen molar-refractivity contribution in [2.24, 2.45) is 0 Å². The molecule has 0 aromatic heterocycles. The molecule has 1 aromatic rings. The monoisotopic (exact) mass is 216 g/mol. The molecule has 15 heavy (non-hydrogen) atoms. The maximum Gasteiger partial charge on any atom is 0.416 e. The van der Waals surface area contributed by atoms with Gasteiger partial charge in [-0.3, -0.25) is 0 Å². The molecule has 0 amide bonds. The van der Waals surface area contributed by atoms with Gasteiger partial charge in [0, 0.05) is 5.41 Å². The Morgan fingerprint density at radius 1 is 1.13 bits per heavy atom. The van der Waals surface area contributed by atoms with E-state index in [0.29, 0.717) is 0 Å². The summed E-state index contributed by atoms with van der Waals surface area (Å²) in [4.78, 5) is 0. The molecule has 1 nitrogen and oxygen atoms in total. The highest BCUT2D eigenvalue weighted by Crippen LogP contribution is 2.47. The fourth-order valence-electron chi connectivity index (χ4n) is 1.70. The first-order chi connectivity index (χ1) is 6.98. The highest BCUT2D eigenvalue weighted by molar-refractivity contribution is 5.34. The molecule has 0 radical (unpaired) electrons. The average Bonchev–Trinajstić information content (AvgIpc) is 2.97. The van der Waals surface area contributed by atoms with Crippen LogP contribution < -0.4 is 0 Å². The van der Waals surface area contributed by atoms with Crippen molar-refractivity contribution in [3.8, 4) is 0 Å². The number of hydrogen-bond donors (Lipinski definition) is 1. The second-order valence-corrected chi connectivity index (χ2v) is 4.01. The van der Waals surface area contributed by atoms with Gasteiger partial charge in [-0.15, -0.1) is 0 Å². The first-order valence-corrected chi connectivity index (χ1v) is 4.77. The Balaban J connectivity index is 2.25. The summed E-state index contributed by atoms with van der Waals surface area (Å²) in [6.45, 7) is 0.0123. The van der Waals surface area contributed by atoms with Gasteiger partial charge in [0.15, 0.2) is 0 Å². The lowest BCUT2D eigenvalue weighted by molar-refractivity contribution is -0.137. The molecule has 2 rings (SSSR count). The third-order valence-corrected chi connectivity index (χ3v) is 2.98. The normalized spacial score (nSPS) is 18.9. The maximum absolute atomic E-state index is 12.3. The minimum Gasteiger partial charge on any atom is -0.395 e. The number of hydrogen-bond acceptors (Lipinski definition) is 1. The Bertz CT molecular complexity index is 349. The summed E-state index contributed by atoms with van der Waals surface area (Å²) in [7, 11) is 0. The topological polar surface area (TPSA) is 20.2 Å². The Labute approximate surface area is 85.5 Å². The van der Waals surface area contributed by atoms with Gasteiger partial charge in [-0.25, -0.2) is 0 Å². The lowest BCUT2D eigenvalue weighted by Gasteiger charge is -2.13. The largest absolute Gasteiger partial charge is 0.416 e. The molecule has 1 fully saturated rings. The first-order valence-electron chi connectivity index (χ1n) is 4.77. The van der Waals surface area contributed by atoms with E-state index >= 15 is 0 Å². The fourth-order valence-corrected chi connectivity index (χ4v) is 1.70. The quantitative estimate of drug-likeness (QED) is 0.805. The zero-order valence-electron chi connectivity index (χ0n) is 8.01. The van der Waals surface area contributed by atoms with Gasteiger partial charge >= 0.3 is 6.18 Å². The summed E-state index contributed by atoms with van der Waals surface area (Å²) in [5.74, 6) is 0. The van der Waals surface area contributed by atoms with Crippen LogP contribution >= 0.6 is 0 Å². The third kappa shape index (κ3) is 1.86. The van der Waals surface area contributed by atoms with E-state index in [1.165, 1.54) is 12.1 Å². The van der Waals surface area contributed by atoms with Crippen molar-refractivity contribution in [3.05, 3.63) is 35.4 Å². The Hall–Kier alpha value is -1.03. The van der Waals surface area contributed by atoms with E-state index < -0.39 is 11.7 Å². The smallest absolute Gasteiger partial charge is 0.395 e. The van der Waals surface area contributed by atoms with E-state index in [1.807, 2.05) is 0 Å². The second kappa shape index (κ2) is 3.23. The van der Waals surface area contributed by atoms with Crippen LogP contribution in [0.4, 0.5) is 13.2 Å². The Kier molecular flexibility index (Phi) is 2.26. The molecule has 0 heterocycles. The molecular weight excluding hydrogens is 205 g/mol. The van der Waals surface area contributed by atoms with Crippen LogP contribution in [-0.4, -0.2) is 11.7 Å². The van der Waals surface area contributed by atoms with Crippen molar-refractivity contribution in [3.63, 3.8) is 0 Å². The minimum atomic E-state index is -4.28. The average molecular weight is 216 g/mol. The highest BCUT2D eigenvalue weighted by atomic mass is 19.4. The first kappa shape index (κ1) is 10.5. The summed E-state index contributed by atoms with van der Waals surface area (Å²) in [6.07, 6.45) is -2.57. The van der Waals surface area contributed by atoms with Crippen molar-refractivity contribution in [2.75, 3.05) is 6.61 Å². The predicted molar refractivity (Wildman–Crippen MR) is 49.4 cm³/mol. The standard InChI is InChI=1S/C11H11F3O/c12-11(13,14)9-3-1-8(2-4-9)10(7-15)5-6-10/h1-4,15H,5-7H2. The second-order valence-electron chi connectivity index (χ2n) is 4.01. The zero-order chi connectivity index (χ0) is 11.1. The molecule has 0 bridgehead atoms.